The van der Waals surface area contributed by atoms with Crippen LogP contribution in [0.2, 0.25) is 0 Å². The van der Waals surface area contributed by atoms with Gasteiger partial charge in [0.25, 0.3) is 0 Å². The van der Waals surface area contributed by atoms with Crippen LogP contribution in [-0.2, 0) is 17.5 Å². The highest BCUT2D eigenvalue weighted by atomic mass is 19.4. The van der Waals surface area contributed by atoms with E-state index in [1.165, 1.54) is 11.0 Å². The Hall–Kier alpha value is -3.03. The third-order valence-corrected chi connectivity index (χ3v) is 4.79. The summed E-state index contributed by atoms with van der Waals surface area (Å²) >= 11 is 0. The van der Waals surface area contributed by atoms with Crippen LogP contribution in [0.3, 0.4) is 0 Å². The molecule has 3 amide bonds. The van der Waals surface area contributed by atoms with Crippen molar-refractivity contribution in [2.75, 3.05) is 13.6 Å². The average molecular weight is 435 g/mol. The Balaban J connectivity index is 1.88. The van der Waals surface area contributed by atoms with Gasteiger partial charge < -0.3 is 15.5 Å². The quantitative estimate of drug-likeness (QED) is 0.629. The number of halogens is 3. The molecule has 2 aromatic carbocycles. The lowest BCUT2D eigenvalue weighted by molar-refractivity contribution is -0.137. The molecular weight excluding hydrogens is 407 g/mol. The van der Waals surface area contributed by atoms with Gasteiger partial charge in [-0.05, 0) is 29.2 Å². The predicted molar refractivity (Wildman–Crippen MR) is 113 cm³/mol. The van der Waals surface area contributed by atoms with Gasteiger partial charge in [0.05, 0.1) is 11.6 Å². The Kier molecular flexibility index (Phi) is 8.47. The molecule has 31 heavy (non-hydrogen) atoms. The summed E-state index contributed by atoms with van der Waals surface area (Å²) in [5, 5.41) is 5.47. The van der Waals surface area contributed by atoms with Crippen LogP contribution in [0.4, 0.5) is 18.0 Å². The minimum absolute atomic E-state index is 0.0209. The van der Waals surface area contributed by atoms with E-state index in [1.807, 2.05) is 44.2 Å². The topological polar surface area (TPSA) is 61.4 Å². The molecule has 168 valence electrons. The van der Waals surface area contributed by atoms with Crippen molar-refractivity contribution in [1.82, 2.24) is 15.5 Å². The molecule has 0 fully saturated rings. The zero-order chi connectivity index (χ0) is 23.0. The molecule has 0 bridgehead atoms. The molecule has 2 rings (SSSR count). The van der Waals surface area contributed by atoms with Crippen molar-refractivity contribution in [3.8, 4) is 0 Å². The van der Waals surface area contributed by atoms with E-state index < -0.39 is 17.8 Å². The summed E-state index contributed by atoms with van der Waals surface area (Å²) in [6.07, 6.45) is -4.43. The van der Waals surface area contributed by atoms with Crippen molar-refractivity contribution >= 4 is 11.9 Å². The molecule has 5 nitrogen and oxygen atoms in total. The molecule has 8 heteroatoms. The van der Waals surface area contributed by atoms with Gasteiger partial charge in [-0.15, -0.1) is 0 Å². The summed E-state index contributed by atoms with van der Waals surface area (Å²) < 4.78 is 39.0. The predicted octanol–water partition coefficient (Wildman–Crippen LogP) is 4.75. The van der Waals surface area contributed by atoms with Crippen LogP contribution < -0.4 is 10.6 Å². The molecule has 1 atom stereocenters. The molecule has 2 aromatic rings. The highest BCUT2D eigenvalue weighted by Gasteiger charge is 2.31. The second-order valence-corrected chi connectivity index (χ2v) is 7.74. The Morgan fingerprint density at radius 2 is 1.71 bits per heavy atom. The van der Waals surface area contributed by atoms with Gasteiger partial charge in [-0.25, -0.2) is 4.79 Å². The van der Waals surface area contributed by atoms with Crippen molar-refractivity contribution in [2.45, 2.75) is 39.0 Å². The summed E-state index contributed by atoms with van der Waals surface area (Å²) in [7, 11) is 1.66. The highest BCUT2D eigenvalue weighted by molar-refractivity contribution is 5.78. The Bertz CT molecular complexity index is 870. The Morgan fingerprint density at radius 1 is 1.03 bits per heavy atom. The largest absolute Gasteiger partial charge is 0.416 e. The second-order valence-electron chi connectivity index (χ2n) is 7.74. The van der Waals surface area contributed by atoms with E-state index in [0.717, 1.165) is 17.7 Å². The van der Waals surface area contributed by atoms with E-state index in [4.69, 9.17) is 0 Å². The second kappa shape index (κ2) is 10.8. The van der Waals surface area contributed by atoms with E-state index in [9.17, 15) is 22.8 Å². The van der Waals surface area contributed by atoms with Crippen LogP contribution in [0.1, 0.15) is 43.0 Å². The fourth-order valence-corrected chi connectivity index (χ4v) is 3.14. The fraction of sp³-hybridized carbons (Fsp3) is 0.391. The fourth-order valence-electron chi connectivity index (χ4n) is 3.14. The smallest absolute Gasteiger partial charge is 0.349 e. The molecule has 0 radical (unpaired) electrons. The number of benzene rings is 2. The van der Waals surface area contributed by atoms with E-state index in [2.05, 4.69) is 10.6 Å². The molecule has 0 spiro atoms. The van der Waals surface area contributed by atoms with Crippen molar-refractivity contribution in [3.63, 3.8) is 0 Å². The summed E-state index contributed by atoms with van der Waals surface area (Å²) in [5.74, 6) is -0.457. The van der Waals surface area contributed by atoms with Crippen LogP contribution in [0, 0.1) is 5.92 Å². The van der Waals surface area contributed by atoms with Crippen molar-refractivity contribution in [2.24, 2.45) is 5.92 Å². The molecule has 0 aliphatic carbocycles. The van der Waals surface area contributed by atoms with Crippen molar-refractivity contribution < 1.29 is 22.8 Å². The molecular formula is C23H28F3N3O2. The standard InChI is InChI=1S/C23H28F3N3O2/c1-16(2)21(18-10-7-11-19(14-18)23(24,25)26)28-20(30)12-13-27-22(31)29(3)15-17-8-5-4-6-9-17/h4-11,14,16,21H,12-13,15H2,1-3H3,(H,27,31)(H,28,30). The molecule has 0 aliphatic heterocycles. The summed E-state index contributed by atoms with van der Waals surface area (Å²) in [6, 6.07) is 13.6. The van der Waals surface area contributed by atoms with E-state index >= 15 is 0 Å². The van der Waals surface area contributed by atoms with Gasteiger partial charge in [-0.1, -0.05) is 56.3 Å². The van der Waals surface area contributed by atoms with Gasteiger partial charge in [-0.2, -0.15) is 13.2 Å². The first-order valence-corrected chi connectivity index (χ1v) is 10.1. The maximum Gasteiger partial charge on any atom is 0.416 e. The zero-order valence-electron chi connectivity index (χ0n) is 17.9. The SMILES string of the molecule is CC(C)C(NC(=O)CCNC(=O)N(C)Cc1ccccc1)c1cccc(C(F)(F)F)c1. The third-order valence-electron chi connectivity index (χ3n) is 4.79. The summed E-state index contributed by atoms with van der Waals surface area (Å²) in [6.45, 7) is 4.21. The lowest BCUT2D eigenvalue weighted by Gasteiger charge is -2.24. The number of urea groups is 1. The van der Waals surface area contributed by atoms with E-state index in [-0.39, 0.29) is 30.8 Å². The van der Waals surface area contributed by atoms with Gasteiger partial charge in [-0.3, -0.25) is 4.79 Å². The van der Waals surface area contributed by atoms with Crippen LogP contribution in [0.15, 0.2) is 54.6 Å². The van der Waals surface area contributed by atoms with Crippen LogP contribution in [-0.4, -0.2) is 30.4 Å². The van der Waals surface area contributed by atoms with Gasteiger partial charge >= 0.3 is 12.2 Å². The number of carbonyl (C=O) groups is 2. The van der Waals surface area contributed by atoms with E-state index in [1.54, 1.807) is 13.1 Å². The number of rotatable bonds is 8. The number of carbonyl (C=O) groups excluding carboxylic acids is 2. The van der Waals surface area contributed by atoms with Crippen molar-refractivity contribution in [3.05, 3.63) is 71.3 Å². The maximum absolute atomic E-state index is 13.0. The first-order chi connectivity index (χ1) is 14.6. The molecule has 0 aliphatic rings. The molecule has 0 heterocycles. The molecule has 0 aromatic heterocycles. The number of nitrogens with one attached hydrogen (secondary N) is 2. The first kappa shape index (κ1) is 24.2. The number of nitrogens with zero attached hydrogens (tertiary/aromatic N) is 1. The average Bonchev–Trinajstić information content (AvgIpc) is 2.72. The van der Waals surface area contributed by atoms with Crippen LogP contribution in [0.5, 0.6) is 0 Å². The van der Waals surface area contributed by atoms with Gasteiger partial charge in [0, 0.05) is 26.6 Å². The summed E-state index contributed by atoms with van der Waals surface area (Å²) in [4.78, 5) is 26.1. The van der Waals surface area contributed by atoms with Gasteiger partial charge in [0.2, 0.25) is 5.91 Å². The maximum atomic E-state index is 13.0. The molecule has 1 unspecified atom stereocenters. The molecule has 0 saturated carbocycles. The normalized spacial score (nSPS) is 12.4. The Morgan fingerprint density at radius 3 is 2.32 bits per heavy atom. The van der Waals surface area contributed by atoms with Gasteiger partial charge in [0.15, 0.2) is 0 Å². The number of hydrogen-bond donors (Lipinski definition) is 2. The van der Waals surface area contributed by atoms with Gasteiger partial charge in [0.1, 0.15) is 0 Å². The number of alkyl halides is 3. The first-order valence-electron chi connectivity index (χ1n) is 10.1. The third kappa shape index (κ3) is 7.62. The summed E-state index contributed by atoms with van der Waals surface area (Å²) in [5.41, 5.74) is 0.627. The van der Waals surface area contributed by atoms with Crippen LogP contribution in [0.25, 0.3) is 0 Å². The lowest BCUT2D eigenvalue weighted by atomic mass is 9.94. The Labute approximate surface area is 180 Å². The molecule has 0 saturated heterocycles. The minimum Gasteiger partial charge on any atom is -0.349 e. The van der Waals surface area contributed by atoms with Crippen LogP contribution >= 0.6 is 0 Å². The van der Waals surface area contributed by atoms with E-state index in [0.29, 0.717) is 12.1 Å². The zero-order valence-corrected chi connectivity index (χ0v) is 17.9. The van der Waals surface area contributed by atoms with Crippen molar-refractivity contribution in [1.29, 1.82) is 0 Å². The minimum atomic E-state index is -4.45. The molecule has 2 N–H and O–H groups in total. The number of amides is 3. The lowest BCUT2D eigenvalue weighted by Crippen LogP contribution is -2.39. The highest BCUT2D eigenvalue weighted by Crippen LogP contribution is 2.32. The monoisotopic (exact) mass is 435 g/mol. The number of hydrogen-bond acceptors (Lipinski definition) is 2.